The van der Waals surface area contributed by atoms with Gasteiger partial charge in [-0.05, 0) is 36.4 Å². The van der Waals surface area contributed by atoms with Crippen molar-refractivity contribution in [1.29, 1.82) is 0 Å². The van der Waals surface area contributed by atoms with E-state index in [9.17, 15) is 14.0 Å². The molecule has 2 aromatic carbocycles. The van der Waals surface area contributed by atoms with Crippen LogP contribution >= 0.6 is 11.6 Å². The fourth-order valence-electron chi connectivity index (χ4n) is 3.32. The maximum atomic E-state index is 13.9. The molecule has 1 fully saturated rings. The molecule has 1 saturated heterocycles. The molecule has 1 aliphatic heterocycles. The number of nitrogens with two attached hydrogens (primary N) is 1. The van der Waals surface area contributed by atoms with E-state index in [-0.39, 0.29) is 19.0 Å². The fraction of sp³-hybridized carbons (Fsp3) is 0.333. The largest absolute Gasteiger partial charge is 0.369 e. The van der Waals surface area contributed by atoms with Crippen molar-refractivity contribution in [3.63, 3.8) is 0 Å². The van der Waals surface area contributed by atoms with Crippen LogP contribution in [0.3, 0.4) is 0 Å². The summed E-state index contributed by atoms with van der Waals surface area (Å²) in [5.74, 6) is -0.933. The number of benzene rings is 2. The number of hydrogen-bond donors (Lipinski definition) is 1. The molecule has 2 N–H and O–H groups in total. The van der Waals surface area contributed by atoms with Gasteiger partial charge in [0.05, 0.1) is 6.54 Å². The summed E-state index contributed by atoms with van der Waals surface area (Å²) >= 11 is 6.05. The number of halogens is 2. The monoisotopic (exact) mass is 418 g/mol. The summed E-state index contributed by atoms with van der Waals surface area (Å²) in [5.41, 5.74) is 7.10. The van der Waals surface area contributed by atoms with E-state index in [0.717, 1.165) is 31.9 Å². The second kappa shape index (κ2) is 9.24. The normalized spacial score (nSPS) is 14.7. The van der Waals surface area contributed by atoms with E-state index >= 15 is 0 Å². The lowest BCUT2D eigenvalue weighted by Crippen LogP contribution is -2.49. The zero-order chi connectivity index (χ0) is 21.0. The first kappa shape index (κ1) is 21.1. The van der Waals surface area contributed by atoms with Gasteiger partial charge in [-0.15, -0.1) is 0 Å². The molecule has 0 saturated carbocycles. The number of anilines is 1. The molecule has 3 rings (SSSR count). The van der Waals surface area contributed by atoms with Gasteiger partial charge < -0.3 is 15.5 Å². The van der Waals surface area contributed by atoms with Crippen molar-refractivity contribution in [2.75, 3.05) is 44.7 Å². The second-order valence-corrected chi connectivity index (χ2v) is 7.53. The van der Waals surface area contributed by atoms with Crippen molar-refractivity contribution < 1.29 is 14.0 Å². The highest BCUT2D eigenvalue weighted by Crippen LogP contribution is 2.21. The third-order valence-electron chi connectivity index (χ3n) is 5.13. The first-order valence-corrected chi connectivity index (χ1v) is 9.77. The molecule has 0 spiro atoms. The lowest BCUT2D eigenvalue weighted by molar-refractivity contribution is -0.131. The van der Waals surface area contributed by atoms with Crippen LogP contribution in [0.5, 0.6) is 0 Å². The van der Waals surface area contributed by atoms with Crippen LogP contribution < -0.4 is 10.6 Å². The predicted octanol–water partition coefficient (Wildman–Crippen LogP) is 2.36. The summed E-state index contributed by atoms with van der Waals surface area (Å²) in [6.07, 6.45) is 0. The van der Waals surface area contributed by atoms with Crippen molar-refractivity contribution in [3.05, 3.63) is 64.4 Å². The predicted molar refractivity (Wildman–Crippen MR) is 111 cm³/mol. The van der Waals surface area contributed by atoms with Crippen molar-refractivity contribution >= 4 is 29.1 Å². The Morgan fingerprint density at radius 2 is 1.76 bits per heavy atom. The Morgan fingerprint density at radius 1 is 1.10 bits per heavy atom. The third-order valence-corrected chi connectivity index (χ3v) is 5.48. The molecular formula is C21H24ClFN4O2. The Labute approximate surface area is 174 Å². The van der Waals surface area contributed by atoms with Gasteiger partial charge >= 0.3 is 0 Å². The zero-order valence-corrected chi connectivity index (χ0v) is 17.0. The SMILES string of the molecule is CN(Cc1c(F)cccc1Cl)C(=O)CN1CCN(c2ccc(C(N)=O)cc2)CC1. The van der Waals surface area contributed by atoms with E-state index in [1.54, 1.807) is 31.3 Å². The minimum Gasteiger partial charge on any atom is -0.369 e. The molecule has 0 aliphatic carbocycles. The van der Waals surface area contributed by atoms with Gasteiger partial charge in [0.25, 0.3) is 0 Å². The highest BCUT2D eigenvalue weighted by Gasteiger charge is 2.22. The number of likely N-dealkylation sites (N-methyl/N-ethyl adjacent to an activating group) is 1. The van der Waals surface area contributed by atoms with Gasteiger partial charge in [0.2, 0.25) is 11.8 Å². The van der Waals surface area contributed by atoms with Crippen molar-refractivity contribution in [2.45, 2.75) is 6.54 Å². The maximum absolute atomic E-state index is 13.9. The second-order valence-electron chi connectivity index (χ2n) is 7.12. The molecule has 0 atom stereocenters. The number of piperazine rings is 1. The van der Waals surface area contributed by atoms with E-state index < -0.39 is 11.7 Å². The maximum Gasteiger partial charge on any atom is 0.248 e. The third kappa shape index (κ3) is 5.25. The Morgan fingerprint density at radius 3 is 2.34 bits per heavy atom. The first-order chi connectivity index (χ1) is 13.8. The summed E-state index contributed by atoms with van der Waals surface area (Å²) in [6.45, 7) is 3.42. The molecular weight excluding hydrogens is 395 g/mol. The molecule has 154 valence electrons. The number of hydrogen-bond acceptors (Lipinski definition) is 4. The number of amides is 2. The number of rotatable bonds is 6. The molecule has 6 nitrogen and oxygen atoms in total. The zero-order valence-electron chi connectivity index (χ0n) is 16.3. The van der Waals surface area contributed by atoms with Gasteiger partial charge in [-0.3, -0.25) is 14.5 Å². The van der Waals surface area contributed by atoms with Crippen LogP contribution in [0.1, 0.15) is 15.9 Å². The average Bonchev–Trinajstić information content (AvgIpc) is 2.71. The van der Waals surface area contributed by atoms with Crippen molar-refractivity contribution in [3.8, 4) is 0 Å². The molecule has 0 radical (unpaired) electrons. The van der Waals surface area contributed by atoms with Gasteiger partial charge in [-0.25, -0.2) is 4.39 Å². The van der Waals surface area contributed by atoms with Crippen LogP contribution in [-0.2, 0) is 11.3 Å². The van der Waals surface area contributed by atoms with E-state index in [1.165, 1.54) is 11.0 Å². The lowest BCUT2D eigenvalue weighted by Gasteiger charge is -2.36. The van der Waals surface area contributed by atoms with Crippen LogP contribution in [0.4, 0.5) is 10.1 Å². The minimum atomic E-state index is -0.444. The van der Waals surface area contributed by atoms with Crippen LogP contribution in [0.25, 0.3) is 0 Å². The molecule has 0 aromatic heterocycles. The smallest absolute Gasteiger partial charge is 0.248 e. The van der Waals surface area contributed by atoms with Crippen molar-refractivity contribution in [1.82, 2.24) is 9.80 Å². The van der Waals surface area contributed by atoms with E-state index in [0.29, 0.717) is 16.1 Å². The molecule has 8 heteroatoms. The average molecular weight is 419 g/mol. The standard InChI is InChI=1S/C21H24ClFN4O2/c1-25(13-17-18(22)3-2-4-19(17)23)20(28)14-26-9-11-27(12-10-26)16-7-5-15(6-8-16)21(24)29/h2-8H,9-14H2,1H3,(H2,24,29). The Kier molecular flexibility index (Phi) is 6.71. The fourth-order valence-corrected chi connectivity index (χ4v) is 3.54. The van der Waals surface area contributed by atoms with Crippen LogP contribution in [0.2, 0.25) is 5.02 Å². The topological polar surface area (TPSA) is 69.9 Å². The Hall–Kier alpha value is -2.64. The van der Waals surface area contributed by atoms with E-state index in [1.807, 2.05) is 12.1 Å². The number of carbonyl (C=O) groups excluding carboxylic acids is 2. The van der Waals surface area contributed by atoms with Crippen LogP contribution in [0, 0.1) is 5.82 Å². The molecule has 29 heavy (non-hydrogen) atoms. The summed E-state index contributed by atoms with van der Waals surface area (Å²) in [5, 5.41) is 0.320. The molecule has 2 amide bonds. The molecule has 1 aliphatic rings. The number of carbonyl (C=O) groups is 2. The van der Waals surface area contributed by atoms with Gasteiger partial charge in [-0.1, -0.05) is 17.7 Å². The van der Waals surface area contributed by atoms with Gasteiger partial charge in [0, 0.05) is 61.6 Å². The van der Waals surface area contributed by atoms with Gasteiger partial charge in [0.15, 0.2) is 0 Å². The highest BCUT2D eigenvalue weighted by atomic mass is 35.5. The van der Waals surface area contributed by atoms with Crippen LogP contribution in [0.15, 0.2) is 42.5 Å². The molecule has 1 heterocycles. The number of primary amides is 1. The summed E-state index contributed by atoms with van der Waals surface area (Å²) in [4.78, 5) is 29.5. The minimum absolute atomic E-state index is 0.0800. The van der Waals surface area contributed by atoms with Crippen LogP contribution in [-0.4, -0.2) is 61.4 Å². The summed E-state index contributed by atoms with van der Waals surface area (Å²) in [6, 6.07) is 11.7. The van der Waals surface area contributed by atoms with E-state index in [2.05, 4.69) is 9.80 Å². The quantitative estimate of drug-likeness (QED) is 0.781. The summed E-state index contributed by atoms with van der Waals surface area (Å²) < 4.78 is 13.9. The first-order valence-electron chi connectivity index (χ1n) is 9.39. The van der Waals surface area contributed by atoms with Gasteiger partial charge in [-0.2, -0.15) is 0 Å². The summed E-state index contributed by atoms with van der Waals surface area (Å²) in [7, 11) is 1.65. The van der Waals surface area contributed by atoms with E-state index in [4.69, 9.17) is 17.3 Å². The molecule has 0 unspecified atom stereocenters. The molecule has 0 bridgehead atoms. The Balaban J connectivity index is 1.51. The number of nitrogens with zero attached hydrogens (tertiary/aromatic N) is 3. The highest BCUT2D eigenvalue weighted by molar-refractivity contribution is 6.31. The lowest BCUT2D eigenvalue weighted by atomic mass is 10.1. The van der Waals surface area contributed by atoms with Gasteiger partial charge in [0.1, 0.15) is 5.82 Å². The van der Waals surface area contributed by atoms with Crippen molar-refractivity contribution in [2.24, 2.45) is 5.73 Å². The Bertz CT molecular complexity index is 862. The molecule has 2 aromatic rings.